The molecule has 0 amide bonds. The lowest BCUT2D eigenvalue weighted by Gasteiger charge is -2.20. The average molecular weight is 266 g/mol. The Balaban J connectivity index is 1.94. The predicted octanol–water partition coefficient (Wildman–Crippen LogP) is 1.71. The van der Waals surface area contributed by atoms with E-state index >= 15 is 0 Å². The minimum atomic E-state index is -0.813. The Morgan fingerprint density at radius 1 is 1.63 bits per heavy atom. The molecule has 1 aliphatic rings. The van der Waals surface area contributed by atoms with Gasteiger partial charge in [-0.3, -0.25) is 4.79 Å². The second-order valence-corrected chi connectivity index (χ2v) is 5.00. The summed E-state index contributed by atoms with van der Waals surface area (Å²) in [5.74, 6) is -0.719. The fourth-order valence-corrected chi connectivity index (χ4v) is 2.61. The maximum absolute atomic E-state index is 13.2. The summed E-state index contributed by atoms with van der Waals surface area (Å²) < 4.78 is 13.2. The van der Waals surface area contributed by atoms with Crippen molar-refractivity contribution in [1.82, 2.24) is 5.32 Å². The van der Waals surface area contributed by atoms with Crippen LogP contribution in [0, 0.1) is 11.7 Å². The molecule has 1 heterocycles. The van der Waals surface area contributed by atoms with Gasteiger partial charge in [-0.2, -0.15) is 0 Å². The highest BCUT2D eigenvalue weighted by Gasteiger charge is 2.27. The fraction of sp³-hybridized carbons (Fsp3) is 0.500. The van der Waals surface area contributed by atoms with Gasteiger partial charge in [-0.15, -0.1) is 0 Å². The SMILES string of the molecule is CNC(CC1CCN(c2cccc(F)c2)C1)C(=O)O. The molecule has 104 valence electrons. The first-order valence-corrected chi connectivity index (χ1v) is 6.50. The summed E-state index contributed by atoms with van der Waals surface area (Å²) in [6, 6.07) is 6.04. The second-order valence-electron chi connectivity index (χ2n) is 5.00. The Bertz CT molecular complexity index is 453. The summed E-state index contributed by atoms with van der Waals surface area (Å²) in [4.78, 5) is 13.1. The minimum Gasteiger partial charge on any atom is -0.480 e. The molecule has 0 saturated carbocycles. The number of likely N-dealkylation sites (N-methyl/N-ethyl adjacent to an activating group) is 1. The molecule has 2 rings (SSSR count). The van der Waals surface area contributed by atoms with Crippen LogP contribution >= 0.6 is 0 Å². The number of halogens is 1. The molecular formula is C14H19FN2O2. The number of nitrogens with one attached hydrogen (secondary N) is 1. The third-order valence-corrected chi connectivity index (χ3v) is 3.67. The van der Waals surface area contributed by atoms with E-state index in [-0.39, 0.29) is 5.82 Å². The third kappa shape index (κ3) is 3.44. The monoisotopic (exact) mass is 266 g/mol. The van der Waals surface area contributed by atoms with Crippen LogP contribution in [0.5, 0.6) is 0 Å². The van der Waals surface area contributed by atoms with Crippen molar-refractivity contribution in [3.05, 3.63) is 30.1 Å². The van der Waals surface area contributed by atoms with Crippen molar-refractivity contribution in [3.63, 3.8) is 0 Å². The van der Waals surface area contributed by atoms with Crippen molar-refractivity contribution in [1.29, 1.82) is 0 Å². The maximum Gasteiger partial charge on any atom is 0.320 e. The number of carboxylic acids is 1. The summed E-state index contributed by atoms with van der Waals surface area (Å²) in [5.41, 5.74) is 0.874. The molecule has 1 fully saturated rings. The highest BCUT2D eigenvalue weighted by atomic mass is 19.1. The number of benzene rings is 1. The molecule has 0 aromatic heterocycles. The Labute approximate surface area is 112 Å². The molecule has 2 N–H and O–H groups in total. The molecule has 19 heavy (non-hydrogen) atoms. The van der Waals surface area contributed by atoms with Gasteiger partial charge in [-0.1, -0.05) is 6.07 Å². The zero-order chi connectivity index (χ0) is 13.8. The molecule has 5 heteroatoms. The van der Waals surface area contributed by atoms with Crippen molar-refractivity contribution in [2.24, 2.45) is 5.92 Å². The van der Waals surface area contributed by atoms with Crippen LogP contribution in [0.4, 0.5) is 10.1 Å². The molecule has 2 unspecified atom stereocenters. The Kier molecular flexibility index (Phi) is 4.37. The van der Waals surface area contributed by atoms with Gasteiger partial charge in [-0.05, 0) is 44.0 Å². The number of nitrogens with zero attached hydrogens (tertiary/aromatic N) is 1. The molecule has 1 saturated heterocycles. The molecule has 1 aromatic rings. The Morgan fingerprint density at radius 3 is 3.05 bits per heavy atom. The molecule has 1 aromatic carbocycles. The number of anilines is 1. The van der Waals surface area contributed by atoms with Gasteiger partial charge in [0.1, 0.15) is 11.9 Å². The van der Waals surface area contributed by atoms with Crippen molar-refractivity contribution in [2.45, 2.75) is 18.9 Å². The van der Waals surface area contributed by atoms with Crippen LogP contribution < -0.4 is 10.2 Å². The van der Waals surface area contributed by atoms with E-state index in [4.69, 9.17) is 5.11 Å². The van der Waals surface area contributed by atoms with Crippen LogP contribution in [0.3, 0.4) is 0 Å². The Morgan fingerprint density at radius 2 is 2.42 bits per heavy atom. The van der Waals surface area contributed by atoms with E-state index in [2.05, 4.69) is 10.2 Å². The summed E-state index contributed by atoms with van der Waals surface area (Å²) in [6.45, 7) is 1.64. The van der Waals surface area contributed by atoms with E-state index in [1.807, 2.05) is 6.07 Å². The molecule has 0 bridgehead atoms. The second kappa shape index (κ2) is 6.02. The largest absolute Gasteiger partial charge is 0.480 e. The van der Waals surface area contributed by atoms with Gasteiger partial charge >= 0.3 is 5.97 Å². The van der Waals surface area contributed by atoms with Gasteiger partial charge in [0.25, 0.3) is 0 Å². The summed E-state index contributed by atoms with van der Waals surface area (Å²) in [6.07, 6.45) is 1.56. The molecule has 0 spiro atoms. The van der Waals surface area contributed by atoms with Crippen molar-refractivity contribution >= 4 is 11.7 Å². The summed E-state index contributed by atoms with van der Waals surface area (Å²) in [7, 11) is 1.66. The van der Waals surface area contributed by atoms with Gasteiger partial charge < -0.3 is 15.3 Å². The van der Waals surface area contributed by atoms with Gasteiger partial charge in [0, 0.05) is 18.8 Å². The zero-order valence-electron chi connectivity index (χ0n) is 11.0. The van der Waals surface area contributed by atoms with Crippen LogP contribution in [0.15, 0.2) is 24.3 Å². The number of rotatable bonds is 5. The van der Waals surface area contributed by atoms with Crippen LogP contribution in [0.1, 0.15) is 12.8 Å². The van der Waals surface area contributed by atoms with Gasteiger partial charge in [0.15, 0.2) is 0 Å². The number of carboxylic acid groups (broad SMARTS) is 1. The number of hydrogen-bond donors (Lipinski definition) is 2. The lowest BCUT2D eigenvalue weighted by atomic mass is 9.99. The quantitative estimate of drug-likeness (QED) is 0.852. The lowest BCUT2D eigenvalue weighted by molar-refractivity contribution is -0.139. The molecule has 4 nitrogen and oxygen atoms in total. The standard InChI is InChI=1S/C14H19FN2O2/c1-16-13(14(18)19)7-10-5-6-17(9-10)12-4-2-3-11(15)8-12/h2-4,8,10,13,16H,5-7,9H2,1H3,(H,18,19). The van der Waals surface area contributed by atoms with Crippen molar-refractivity contribution in [3.8, 4) is 0 Å². The fourth-order valence-electron chi connectivity index (χ4n) is 2.61. The van der Waals surface area contributed by atoms with E-state index < -0.39 is 12.0 Å². The van der Waals surface area contributed by atoms with Crippen molar-refractivity contribution in [2.75, 3.05) is 25.0 Å². The maximum atomic E-state index is 13.2. The molecule has 0 aliphatic carbocycles. The van der Waals surface area contributed by atoms with E-state index in [9.17, 15) is 9.18 Å². The van der Waals surface area contributed by atoms with E-state index in [0.717, 1.165) is 25.2 Å². The third-order valence-electron chi connectivity index (χ3n) is 3.67. The highest BCUT2D eigenvalue weighted by molar-refractivity contribution is 5.73. The number of carbonyl (C=O) groups is 1. The van der Waals surface area contributed by atoms with E-state index in [1.165, 1.54) is 12.1 Å². The molecule has 0 radical (unpaired) electrons. The lowest BCUT2D eigenvalue weighted by Crippen LogP contribution is -2.36. The molecule has 1 aliphatic heterocycles. The first-order valence-electron chi connectivity index (χ1n) is 6.50. The van der Waals surface area contributed by atoms with E-state index in [0.29, 0.717) is 12.3 Å². The first kappa shape index (κ1) is 13.8. The predicted molar refractivity (Wildman–Crippen MR) is 71.8 cm³/mol. The van der Waals surface area contributed by atoms with Crippen molar-refractivity contribution < 1.29 is 14.3 Å². The van der Waals surface area contributed by atoms with Crippen LogP contribution in [0.2, 0.25) is 0 Å². The van der Waals surface area contributed by atoms with Crippen LogP contribution in [-0.4, -0.2) is 37.3 Å². The number of aliphatic carboxylic acids is 1. The Hall–Kier alpha value is -1.62. The molecule has 2 atom stereocenters. The minimum absolute atomic E-state index is 0.236. The van der Waals surface area contributed by atoms with Gasteiger partial charge in [-0.25, -0.2) is 4.39 Å². The summed E-state index contributed by atoms with van der Waals surface area (Å²) in [5, 5.41) is 11.8. The zero-order valence-corrected chi connectivity index (χ0v) is 11.0. The topological polar surface area (TPSA) is 52.6 Å². The van der Waals surface area contributed by atoms with Crippen LogP contribution in [-0.2, 0) is 4.79 Å². The van der Waals surface area contributed by atoms with Crippen LogP contribution in [0.25, 0.3) is 0 Å². The average Bonchev–Trinajstić information content (AvgIpc) is 2.84. The smallest absolute Gasteiger partial charge is 0.320 e. The summed E-state index contributed by atoms with van der Waals surface area (Å²) >= 11 is 0. The highest BCUT2D eigenvalue weighted by Crippen LogP contribution is 2.26. The first-order chi connectivity index (χ1) is 9.10. The molecular weight excluding hydrogens is 247 g/mol. The normalized spacial score (nSPS) is 20.5. The number of hydrogen-bond acceptors (Lipinski definition) is 3. The van der Waals surface area contributed by atoms with Gasteiger partial charge in [0.05, 0.1) is 0 Å². The van der Waals surface area contributed by atoms with E-state index in [1.54, 1.807) is 13.1 Å². The van der Waals surface area contributed by atoms with Gasteiger partial charge in [0.2, 0.25) is 0 Å².